The highest BCUT2D eigenvalue weighted by molar-refractivity contribution is 6.15. The molecule has 0 unspecified atom stereocenters. The van der Waals surface area contributed by atoms with Crippen LogP contribution in [0.4, 0.5) is 0 Å². The average molecular weight is 235 g/mol. The Morgan fingerprint density at radius 1 is 0.944 bits per heavy atom. The minimum Gasteiger partial charge on any atom is -0.279 e. The number of aliphatic imine (C=N–C) groups is 1. The van der Waals surface area contributed by atoms with Crippen LogP contribution in [0.2, 0.25) is 0 Å². The Kier molecular flexibility index (Phi) is 2.75. The molecular weight excluding hydrogens is 218 g/mol. The Morgan fingerprint density at radius 3 is 2.44 bits per heavy atom. The third kappa shape index (κ3) is 1.76. The molecule has 1 nitrogen and oxygen atoms in total. The molecule has 0 N–H and O–H groups in total. The van der Waals surface area contributed by atoms with Crippen LogP contribution >= 0.6 is 0 Å². The number of hydrogen-bond donors (Lipinski definition) is 0. The van der Waals surface area contributed by atoms with E-state index in [9.17, 15) is 0 Å². The van der Waals surface area contributed by atoms with E-state index in [0.29, 0.717) is 5.92 Å². The van der Waals surface area contributed by atoms with Crippen molar-refractivity contribution in [2.24, 2.45) is 4.99 Å². The smallest absolute Gasteiger partial charge is 0.0726 e. The van der Waals surface area contributed by atoms with Crippen LogP contribution in [0.1, 0.15) is 42.0 Å². The van der Waals surface area contributed by atoms with E-state index >= 15 is 0 Å². The van der Waals surface area contributed by atoms with Crippen LogP contribution in [0.25, 0.3) is 0 Å². The molecule has 18 heavy (non-hydrogen) atoms. The van der Waals surface area contributed by atoms with Crippen molar-refractivity contribution in [1.82, 2.24) is 0 Å². The lowest BCUT2D eigenvalue weighted by Crippen LogP contribution is -2.02. The SMILES string of the molecule is CC(C)c1cccc2c1CN=C2c1ccccc1. The quantitative estimate of drug-likeness (QED) is 0.741. The first-order valence-corrected chi connectivity index (χ1v) is 6.49. The first kappa shape index (κ1) is 11.2. The van der Waals surface area contributed by atoms with E-state index in [1.807, 2.05) is 6.07 Å². The molecule has 1 heterocycles. The zero-order chi connectivity index (χ0) is 12.5. The highest BCUT2D eigenvalue weighted by Gasteiger charge is 2.20. The fourth-order valence-electron chi connectivity index (χ4n) is 2.63. The van der Waals surface area contributed by atoms with Gasteiger partial charge in [-0.05, 0) is 17.0 Å². The van der Waals surface area contributed by atoms with Crippen molar-refractivity contribution in [3.8, 4) is 0 Å². The summed E-state index contributed by atoms with van der Waals surface area (Å²) in [5.41, 5.74) is 6.52. The molecule has 0 spiro atoms. The Bertz CT molecular complexity index is 594. The van der Waals surface area contributed by atoms with E-state index in [2.05, 4.69) is 56.3 Å². The molecule has 1 heteroatoms. The molecule has 0 fully saturated rings. The number of hydrogen-bond acceptors (Lipinski definition) is 1. The molecule has 0 aromatic heterocycles. The second-order valence-electron chi connectivity index (χ2n) is 5.06. The second kappa shape index (κ2) is 4.41. The zero-order valence-corrected chi connectivity index (χ0v) is 10.9. The predicted molar refractivity (Wildman–Crippen MR) is 76.3 cm³/mol. The highest BCUT2D eigenvalue weighted by atomic mass is 14.8. The summed E-state index contributed by atoms with van der Waals surface area (Å²) < 4.78 is 0. The monoisotopic (exact) mass is 235 g/mol. The maximum absolute atomic E-state index is 4.73. The maximum atomic E-state index is 4.73. The molecule has 0 amide bonds. The summed E-state index contributed by atoms with van der Waals surface area (Å²) in [5, 5.41) is 0. The standard InChI is InChI=1S/C17H17N/c1-12(2)14-9-6-10-15-16(14)11-18-17(15)13-7-4-3-5-8-13/h3-10,12H,11H2,1-2H3. The van der Waals surface area contributed by atoms with Crippen molar-refractivity contribution < 1.29 is 0 Å². The first-order chi connectivity index (χ1) is 8.77. The zero-order valence-electron chi connectivity index (χ0n) is 10.9. The normalized spacial score (nSPS) is 13.6. The summed E-state index contributed by atoms with van der Waals surface area (Å²) in [6.45, 7) is 5.32. The van der Waals surface area contributed by atoms with Gasteiger partial charge in [0.1, 0.15) is 0 Å². The molecule has 0 aliphatic carbocycles. The van der Waals surface area contributed by atoms with Crippen molar-refractivity contribution in [2.45, 2.75) is 26.3 Å². The highest BCUT2D eigenvalue weighted by Crippen LogP contribution is 2.29. The van der Waals surface area contributed by atoms with Gasteiger partial charge in [0.15, 0.2) is 0 Å². The molecule has 0 radical (unpaired) electrons. The summed E-state index contributed by atoms with van der Waals surface area (Å²) >= 11 is 0. The largest absolute Gasteiger partial charge is 0.279 e. The van der Waals surface area contributed by atoms with Gasteiger partial charge in [-0.15, -0.1) is 0 Å². The van der Waals surface area contributed by atoms with E-state index in [-0.39, 0.29) is 0 Å². The van der Waals surface area contributed by atoms with E-state index in [1.54, 1.807) is 0 Å². The molecule has 2 aromatic rings. The van der Waals surface area contributed by atoms with Crippen molar-refractivity contribution in [3.05, 3.63) is 70.8 Å². The second-order valence-corrected chi connectivity index (χ2v) is 5.06. The van der Waals surface area contributed by atoms with Crippen LogP contribution in [0.3, 0.4) is 0 Å². The Balaban J connectivity index is 2.09. The van der Waals surface area contributed by atoms with Crippen LogP contribution in [0.15, 0.2) is 53.5 Å². The van der Waals surface area contributed by atoms with E-state index < -0.39 is 0 Å². The molecular formula is C17H17N. The first-order valence-electron chi connectivity index (χ1n) is 6.49. The molecule has 0 atom stereocenters. The Morgan fingerprint density at radius 2 is 1.72 bits per heavy atom. The van der Waals surface area contributed by atoms with E-state index in [1.165, 1.54) is 22.3 Å². The molecule has 3 rings (SSSR count). The number of benzene rings is 2. The molecule has 1 aliphatic rings. The molecule has 0 bridgehead atoms. The van der Waals surface area contributed by atoms with Crippen LogP contribution in [0, 0.1) is 0 Å². The summed E-state index contributed by atoms with van der Waals surface area (Å²) in [5.74, 6) is 0.560. The summed E-state index contributed by atoms with van der Waals surface area (Å²) in [4.78, 5) is 4.73. The molecule has 0 saturated carbocycles. The van der Waals surface area contributed by atoms with Crippen LogP contribution < -0.4 is 0 Å². The Hall–Kier alpha value is -1.89. The van der Waals surface area contributed by atoms with Gasteiger partial charge in [-0.2, -0.15) is 0 Å². The molecule has 1 aliphatic heterocycles. The van der Waals surface area contributed by atoms with Crippen LogP contribution in [0.5, 0.6) is 0 Å². The molecule has 0 saturated heterocycles. The van der Waals surface area contributed by atoms with Gasteiger partial charge in [0, 0.05) is 11.1 Å². The summed E-state index contributed by atoms with van der Waals surface area (Å²) in [6.07, 6.45) is 0. The predicted octanol–water partition coefficient (Wildman–Crippen LogP) is 4.16. The lowest BCUT2D eigenvalue weighted by atomic mass is 9.91. The van der Waals surface area contributed by atoms with Gasteiger partial charge in [-0.25, -0.2) is 0 Å². The lowest BCUT2D eigenvalue weighted by molar-refractivity contribution is 0.844. The van der Waals surface area contributed by atoms with Crippen molar-refractivity contribution in [3.63, 3.8) is 0 Å². The van der Waals surface area contributed by atoms with Crippen molar-refractivity contribution in [1.29, 1.82) is 0 Å². The molecule has 2 aromatic carbocycles. The fraction of sp³-hybridized carbons (Fsp3) is 0.235. The van der Waals surface area contributed by atoms with Crippen molar-refractivity contribution in [2.75, 3.05) is 0 Å². The minimum atomic E-state index is 0.560. The Labute approximate surface area is 108 Å². The van der Waals surface area contributed by atoms with Gasteiger partial charge >= 0.3 is 0 Å². The van der Waals surface area contributed by atoms with Gasteiger partial charge in [0.2, 0.25) is 0 Å². The third-order valence-electron chi connectivity index (χ3n) is 3.53. The molecule has 90 valence electrons. The van der Waals surface area contributed by atoms with Gasteiger partial charge in [-0.1, -0.05) is 62.4 Å². The lowest BCUT2D eigenvalue weighted by Gasteiger charge is -2.11. The van der Waals surface area contributed by atoms with E-state index in [0.717, 1.165) is 12.3 Å². The van der Waals surface area contributed by atoms with Gasteiger partial charge in [-0.3, -0.25) is 4.99 Å². The minimum absolute atomic E-state index is 0.560. The fourth-order valence-corrected chi connectivity index (χ4v) is 2.63. The van der Waals surface area contributed by atoms with Crippen LogP contribution in [-0.2, 0) is 6.54 Å². The van der Waals surface area contributed by atoms with Crippen molar-refractivity contribution >= 4 is 5.71 Å². The topological polar surface area (TPSA) is 12.4 Å². The number of rotatable bonds is 2. The average Bonchev–Trinajstić information content (AvgIpc) is 2.83. The summed E-state index contributed by atoms with van der Waals surface area (Å²) in [7, 11) is 0. The van der Waals surface area contributed by atoms with E-state index in [4.69, 9.17) is 4.99 Å². The number of fused-ring (bicyclic) bond motifs is 1. The summed E-state index contributed by atoms with van der Waals surface area (Å²) in [6, 6.07) is 17.0. The number of nitrogens with zero attached hydrogens (tertiary/aromatic N) is 1. The third-order valence-corrected chi connectivity index (χ3v) is 3.53. The van der Waals surface area contributed by atoms with Gasteiger partial charge in [0.25, 0.3) is 0 Å². The van der Waals surface area contributed by atoms with Gasteiger partial charge in [0.05, 0.1) is 12.3 Å². The maximum Gasteiger partial charge on any atom is 0.0726 e. The van der Waals surface area contributed by atoms with Gasteiger partial charge < -0.3 is 0 Å². The van der Waals surface area contributed by atoms with Crippen LogP contribution in [-0.4, -0.2) is 5.71 Å².